The van der Waals surface area contributed by atoms with Crippen LogP contribution in [0.4, 0.5) is 5.69 Å². The van der Waals surface area contributed by atoms with E-state index in [1.165, 1.54) is 0 Å². The van der Waals surface area contributed by atoms with Crippen LogP contribution in [-0.2, 0) is 10.3 Å². The Morgan fingerprint density at radius 1 is 1.43 bits per heavy atom. The molecule has 1 aliphatic rings. The lowest BCUT2D eigenvalue weighted by Crippen LogP contribution is -2.31. The molecule has 3 heteroatoms. The van der Waals surface area contributed by atoms with Gasteiger partial charge < -0.3 is 14.8 Å². The molecule has 0 spiro atoms. The van der Waals surface area contributed by atoms with Crippen molar-refractivity contribution in [2.75, 3.05) is 19.2 Å². The number of fused-ring (bicyclic) bond motifs is 1. The third kappa shape index (κ3) is 1.34. The first-order valence-electron chi connectivity index (χ1n) is 4.70. The van der Waals surface area contributed by atoms with Crippen LogP contribution in [0.2, 0.25) is 0 Å². The van der Waals surface area contributed by atoms with E-state index in [-0.39, 0.29) is 5.60 Å². The third-order valence-electron chi connectivity index (χ3n) is 2.58. The Morgan fingerprint density at radius 2 is 2.21 bits per heavy atom. The number of hydrogen-bond donors (Lipinski definition) is 1. The van der Waals surface area contributed by atoms with Crippen LogP contribution in [-0.4, -0.2) is 13.8 Å². The van der Waals surface area contributed by atoms with E-state index in [4.69, 9.17) is 9.47 Å². The zero-order chi connectivity index (χ0) is 10.2. The van der Waals surface area contributed by atoms with Crippen molar-refractivity contribution in [1.82, 2.24) is 0 Å². The summed E-state index contributed by atoms with van der Waals surface area (Å²) in [5.41, 5.74) is 1.95. The lowest BCUT2D eigenvalue weighted by atomic mass is 9.94. The maximum Gasteiger partial charge on any atom is 0.142 e. The van der Waals surface area contributed by atoms with Gasteiger partial charge in [-0.15, -0.1) is 0 Å². The first-order valence-corrected chi connectivity index (χ1v) is 4.70. The molecular weight excluding hydrogens is 178 g/mol. The first kappa shape index (κ1) is 9.34. The zero-order valence-electron chi connectivity index (χ0n) is 8.76. The third-order valence-corrected chi connectivity index (χ3v) is 2.58. The molecule has 1 aromatic carbocycles. The summed E-state index contributed by atoms with van der Waals surface area (Å²) < 4.78 is 10.9. The monoisotopic (exact) mass is 193 g/mol. The molecular formula is C11H15NO2. The molecule has 1 aromatic rings. The molecule has 1 aliphatic heterocycles. The molecule has 0 fully saturated rings. The maximum absolute atomic E-state index is 5.62. The molecule has 1 N–H and O–H groups in total. The van der Waals surface area contributed by atoms with Gasteiger partial charge >= 0.3 is 0 Å². The van der Waals surface area contributed by atoms with Gasteiger partial charge in [-0.2, -0.15) is 0 Å². The summed E-state index contributed by atoms with van der Waals surface area (Å²) in [6, 6.07) is 5.99. The minimum absolute atomic E-state index is 0.241. The lowest BCUT2D eigenvalue weighted by Gasteiger charge is -2.34. The highest BCUT2D eigenvalue weighted by Gasteiger charge is 2.29. The van der Waals surface area contributed by atoms with Crippen LogP contribution in [0.25, 0.3) is 0 Å². The quantitative estimate of drug-likeness (QED) is 0.742. The highest BCUT2D eigenvalue weighted by molar-refractivity contribution is 5.64. The van der Waals surface area contributed by atoms with E-state index in [0.717, 1.165) is 17.0 Å². The number of para-hydroxylation sites is 1. The molecule has 3 nitrogen and oxygen atoms in total. The van der Waals surface area contributed by atoms with Gasteiger partial charge in [-0.1, -0.05) is 12.1 Å². The highest BCUT2D eigenvalue weighted by Crippen LogP contribution is 2.39. The number of hydrogen-bond acceptors (Lipinski definition) is 3. The summed E-state index contributed by atoms with van der Waals surface area (Å²) >= 11 is 0. The molecule has 0 saturated heterocycles. The fraction of sp³-hybridized carbons (Fsp3) is 0.455. The minimum atomic E-state index is -0.241. The van der Waals surface area contributed by atoms with E-state index >= 15 is 0 Å². The Balaban J connectivity index is 2.55. The van der Waals surface area contributed by atoms with Crippen molar-refractivity contribution >= 4 is 5.69 Å². The molecule has 0 aromatic heterocycles. The van der Waals surface area contributed by atoms with Crippen molar-refractivity contribution in [2.24, 2.45) is 0 Å². The predicted molar refractivity (Wildman–Crippen MR) is 55.6 cm³/mol. The number of anilines is 1. The highest BCUT2D eigenvalue weighted by atomic mass is 16.5. The van der Waals surface area contributed by atoms with Gasteiger partial charge in [0.05, 0.1) is 18.4 Å². The Morgan fingerprint density at radius 3 is 2.93 bits per heavy atom. The summed E-state index contributed by atoms with van der Waals surface area (Å²) in [5, 5.41) is 3.19. The van der Waals surface area contributed by atoms with Crippen LogP contribution in [0.3, 0.4) is 0 Å². The van der Waals surface area contributed by atoms with Crippen LogP contribution in [0.15, 0.2) is 18.2 Å². The van der Waals surface area contributed by atoms with Crippen molar-refractivity contribution in [3.8, 4) is 5.75 Å². The summed E-state index contributed by atoms with van der Waals surface area (Å²) in [6.45, 7) is 4.65. The average molecular weight is 193 g/mol. The van der Waals surface area contributed by atoms with Crippen molar-refractivity contribution in [1.29, 1.82) is 0 Å². The second kappa shape index (κ2) is 3.17. The molecule has 0 radical (unpaired) electrons. The lowest BCUT2D eigenvalue weighted by molar-refractivity contribution is -0.0181. The number of rotatable bonds is 1. The largest absolute Gasteiger partial charge is 0.495 e. The van der Waals surface area contributed by atoms with Gasteiger partial charge in [0, 0.05) is 5.56 Å². The second-order valence-electron chi connectivity index (χ2n) is 3.86. The van der Waals surface area contributed by atoms with E-state index in [1.807, 2.05) is 12.1 Å². The Bertz CT molecular complexity index is 347. The molecule has 0 saturated carbocycles. The topological polar surface area (TPSA) is 30.5 Å². The van der Waals surface area contributed by atoms with Crippen molar-refractivity contribution in [3.05, 3.63) is 23.8 Å². The van der Waals surface area contributed by atoms with Gasteiger partial charge in [0.15, 0.2) is 0 Å². The predicted octanol–water partition coefficient (Wildman–Crippen LogP) is 2.33. The summed E-state index contributed by atoms with van der Waals surface area (Å²) in [6.07, 6.45) is 0. The molecule has 1 heterocycles. The molecule has 2 rings (SSSR count). The van der Waals surface area contributed by atoms with Gasteiger partial charge in [0.25, 0.3) is 0 Å². The summed E-state index contributed by atoms with van der Waals surface area (Å²) in [5.74, 6) is 0.874. The Kier molecular flexibility index (Phi) is 2.11. The SMILES string of the molecule is COc1cccc2c1NCOC2(C)C. The van der Waals surface area contributed by atoms with Crippen LogP contribution < -0.4 is 10.1 Å². The summed E-state index contributed by atoms with van der Waals surface area (Å²) in [4.78, 5) is 0. The van der Waals surface area contributed by atoms with Crippen molar-refractivity contribution < 1.29 is 9.47 Å². The number of ether oxygens (including phenoxy) is 2. The normalized spacial score (nSPS) is 18.2. The van der Waals surface area contributed by atoms with E-state index in [0.29, 0.717) is 6.73 Å². The Labute approximate surface area is 84.0 Å². The molecule has 76 valence electrons. The van der Waals surface area contributed by atoms with E-state index in [1.54, 1.807) is 7.11 Å². The van der Waals surface area contributed by atoms with Gasteiger partial charge in [0.1, 0.15) is 12.5 Å². The van der Waals surface area contributed by atoms with Gasteiger partial charge in [0.2, 0.25) is 0 Å². The van der Waals surface area contributed by atoms with Crippen LogP contribution >= 0.6 is 0 Å². The van der Waals surface area contributed by atoms with Crippen LogP contribution in [0.5, 0.6) is 5.75 Å². The minimum Gasteiger partial charge on any atom is -0.495 e. The maximum atomic E-state index is 5.62. The molecule has 14 heavy (non-hydrogen) atoms. The molecule has 0 atom stereocenters. The summed E-state index contributed by atoms with van der Waals surface area (Å²) in [7, 11) is 1.68. The smallest absolute Gasteiger partial charge is 0.142 e. The van der Waals surface area contributed by atoms with Crippen LogP contribution in [0.1, 0.15) is 19.4 Å². The van der Waals surface area contributed by atoms with Gasteiger partial charge in [-0.3, -0.25) is 0 Å². The van der Waals surface area contributed by atoms with E-state index < -0.39 is 0 Å². The molecule has 0 amide bonds. The second-order valence-corrected chi connectivity index (χ2v) is 3.86. The standard InChI is InChI=1S/C11H15NO2/c1-11(2)8-5-4-6-9(13-3)10(8)12-7-14-11/h4-6,12H,7H2,1-3H3. The van der Waals surface area contributed by atoms with Crippen molar-refractivity contribution in [3.63, 3.8) is 0 Å². The number of benzene rings is 1. The zero-order valence-corrected chi connectivity index (χ0v) is 8.76. The fourth-order valence-corrected chi connectivity index (χ4v) is 1.75. The average Bonchev–Trinajstić information content (AvgIpc) is 2.17. The van der Waals surface area contributed by atoms with Gasteiger partial charge in [-0.25, -0.2) is 0 Å². The number of nitrogens with one attached hydrogen (secondary N) is 1. The van der Waals surface area contributed by atoms with E-state index in [9.17, 15) is 0 Å². The van der Waals surface area contributed by atoms with Crippen molar-refractivity contribution in [2.45, 2.75) is 19.4 Å². The Hall–Kier alpha value is -1.22. The van der Waals surface area contributed by atoms with E-state index in [2.05, 4.69) is 25.2 Å². The number of methoxy groups -OCH3 is 1. The fourth-order valence-electron chi connectivity index (χ4n) is 1.75. The molecule has 0 unspecified atom stereocenters. The molecule has 0 bridgehead atoms. The van der Waals surface area contributed by atoms with Crippen LogP contribution in [0, 0.1) is 0 Å². The molecule has 0 aliphatic carbocycles. The first-order chi connectivity index (χ1) is 6.65. The van der Waals surface area contributed by atoms with Gasteiger partial charge in [-0.05, 0) is 19.9 Å².